The lowest BCUT2D eigenvalue weighted by molar-refractivity contribution is -0.121. The van der Waals surface area contributed by atoms with E-state index in [2.05, 4.69) is 55.7 Å². The first kappa shape index (κ1) is 20.0. The molecule has 1 saturated heterocycles. The normalized spacial score (nSPS) is 17.6. The zero-order chi connectivity index (χ0) is 16.0. The largest absolute Gasteiger partial charge is 0.355 e. The second-order valence-corrected chi connectivity index (χ2v) is 7.11. The van der Waals surface area contributed by atoms with Crippen molar-refractivity contribution < 1.29 is 4.79 Å². The summed E-state index contributed by atoms with van der Waals surface area (Å²) in [6.45, 7) is 9.42. The number of hydrogen-bond acceptors (Lipinski definition) is 2. The van der Waals surface area contributed by atoms with Crippen molar-refractivity contribution in [2.75, 3.05) is 19.6 Å². The van der Waals surface area contributed by atoms with E-state index in [0.717, 1.165) is 25.9 Å². The van der Waals surface area contributed by atoms with Crippen molar-refractivity contribution in [3.05, 3.63) is 35.4 Å². The minimum atomic E-state index is -0.0309. The predicted molar refractivity (Wildman–Crippen MR) is 99.3 cm³/mol. The number of rotatable bonds is 7. The van der Waals surface area contributed by atoms with Crippen LogP contribution in [0.1, 0.15) is 51.2 Å². The number of benzene rings is 1. The highest BCUT2D eigenvalue weighted by molar-refractivity contribution is 5.85. The van der Waals surface area contributed by atoms with Gasteiger partial charge in [-0.3, -0.25) is 4.79 Å². The Morgan fingerprint density at radius 3 is 2.57 bits per heavy atom. The van der Waals surface area contributed by atoms with Crippen LogP contribution in [-0.4, -0.2) is 25.5 Å². The molecule has 3 nitrogen and oxygen atoms in total. The summed E-state index contributed by atoms with van der Waals surface area (Å²) < 4.78 is 0. The Kier molecular flexibility index (Phi) is 8.07. The van der Waals surface area contributed by atoms with Crippen LogP contribution in [-0.2, 0) is 16.6 Å². The molecule has 0 radical (unpaired) electrons. The van der Waals surface area contributed by atoms with Crippen LogP contribution >= 0.6 is 12.4 Å². The van der Waals surface area contributed by atoms with Crippen LogP contribution < -0.4 is 10.6 Å². The van der Waals surface area contributed by atoms with Crippen LogP contribution in [0.5, 0.6) is 0 Å². The zero-order valence-corrected chi connectivity index (χ0v) is 15.5. The van der Waals surface area contributed by atoms with Gasteiger partial charge in [0.05, 0.1) is 0 Å². The van der Waals surface area contributed by atoms with Crippen molar-refractivity contribution in [2.45, 2.75) is 51.9 Å². The maximum Gasteiger partial charge on any atom is 0.220 e. The predicted octanol–water partition coefficient (Wildman–Crippen LogP) is 3.45. The van der Waals surface area contributed by atoms with Gasteiger partial charge < -0.3 is 10.6 Å². The molecule has 2 rings (SSSR count). The number of carbonyl (C=O) groups is 1. The average molecular weight is 339 g/mol. The minimum Gasteiger partial charge on any atom is -0.355 e. The minimum absolute atomic E-state index is 0. The first-order chi connectivity index (χ1) is 10.5. The van der Waals surface area contributed by atoms with E-state index in [1.54, 1.807) is 0 Å². The Morgan fingerprint density at radius 2 is 2.00 bits per heavy atom. The molecule has 0 bridgehead atoms. The number of hydrogen-bond donors (Lipinski definition) is 2. The SMILES string of the molecule is CCc1ccc(C(C)(C)CNC(=O)CCC2CCNC2)cc1.Cl. The summed E-state index contributed by atoms with van der Waals surface area (Å²) in [6.07, 6.45) is 3.93. The van der Waals surface area contributed by atoms with Gasteiger partial charge in [-0.25, -0.2) is 0 Å². The van der Waals surface area contributed by atoms with Crippen molar-refractivity contribution in [1.29, 1.82) is 0 Å². The molecule has 1 aromatic rings. The first-order valence-electron chi connectivity index (χ1n) is 8.58. The fraction of sp³-hybridized carbons (Fsp3) is 0.632. The van der Waals surface area contributed by atoms with Gasteiger partial charge in [0.1, 0.15) is 0 Å². The third-order valence-corrected chi connectivity index (χ3v) is 4.81. The van der Waals surface area contributed by atoms with Gasteiger partial charge in [0, 0.05) is 18.4 Å². The highest BCUT2D eigenvalue weighted by Gasteiger charge is 2.22. The van der Waals surface area contributed by atoms with Gasteiger partial charge >= 0.3 is 0 Å². The number of halogens is 1. The summed E-state index contributed by atoms with van der Waals surface area (Å²) >= 11 is 0. The number of nitrogens with one attached hydrogen (secondary N) is 2. The quantitative estimate of drug-likeness (QED) is 0.799. The standard InChI is InChI=1S/C19H30N2O.ClH/c1-4-15-5-8-17(9-6-15)19(2,3)14-21-18(22)10-7-16-11-12-20-13-16;/h5-6,8-9,16,20H,4,7,10-14H2,1-3H3,(H,21,22);1H. The molecule has 0 saturated carbocycles. The fourth-order valence-corrected chi connectivity index (χ4v) is 3.00. The van der Waals surface area contributed by atoms with Gasteiger partial charge in [0.15, 0.2) is 0 Å². The van der Waals surface area contributed by atoms with Crippen molar-refractivity contribution in [2.24, 2.45) is 5.92 Å². The molecule has 1 aromatic carbocycles. The summed E-state index contributed by atoms with van der Waals surface area (Å²) in [7, 11) is 0. The topological polar surface area (TPSA) is 41.1 Å². The Hall–Kier alpha value is -1.06. The smallest absolute Gasteiger partial charge is 0.220 e. The molecule has 0 spiro atoms. The molecule has 1 aliphatic heterocycles. The van der Waals surface area contributed by atoms with Gasteiger partial charge in [0.2, 0.25) is 5.91 Å². The van der Waals surface area contributed by atoms with Gasteiger partial charge in [-0.2, -0.15) is 0 Å². The van der Waals surface area contributed by atoms with Crippen molar-refractivity contribution in [3.8, 4) is 0 Å². The van der Waals surface area contributed by atoms with E-state index in [0.29, 0.717) is 18.9 Å². The van der Waals surface area contributed by atoms with Crippen molar-refractivity contribution in [1.82, 2.24) is 10.6 Å². The van der Waals surface area contributed by atoms with E-state index in [9.17, 15) is 4.79 Å². The lowest BCUT2D eigenvalue weighted by Crippen LogP contribution is -2.36. The Labute approximate surface area is 147 Å². The summed E-state index contributed by atoms with van der Waals surface area (Å²) in [5.41, 5.74) is 2.61. The third-order valence-electron chi connectivity index (χ3n) is 4.81. The molecular formula is C19H31ClN2O. The summed E-state index contributed by atoms with van der Waals surface area (Å²) in [5.74, 6) is 0.866. The molecular weight excluding hydrogens is 308 g/mol. The lowest BCUT2D eigenvalue weighted by atomic mass is 9.84. The summed E-state index contributed by atoms with van der Waals surface area (Å²) in [6, 6.07) is 8.75. The van der Waals surface area contributed by atoms with Gasteiger partial charge in [-0.05, 0) is 49.4 Å². The molecule has 1 unspecified atom stereocenters. The van der Waals surface area contributed by atoms with Crippen LogP contribution in [0.2, 0.25) is 0 Å². The number of carbonyl (C=O) groups excluding carboxylic acids is 1. The summed E-state index contributed by atoms with van der Waals surface area (Å²) in [4.78, 5) is 12.0. The molecule has 0 aliphatic carbocycles. The molecule has 2 N–H and O–H groups in total. The van der Waals surface area contributed by atoms with E-state index in [-0.39, 0.29) is 23.7 Å². The van der Waals surface area contributed by atoms with Crippen molar-refractivity contribution >= 4 is 18.3 Å². The molecule has 1 amide bonds. The number of aryl methyl sites for hydroxylation is 1. The highest BCUT2D eigenvalue weighted by Crippen LogP contribution is 2.23. The van der Waals surface area contributed by atoms with Crippen LogP contribution in [0.4, 0.5) is 0 Å². The van der Waals surface area contributed by atoms with E-state index < -0.39 is 0 Å². The second-order valence-electron chi connectivity index (χ2n) is 7.11. The third kappa shape index (κ3) is 6.15. The Bertz CT molecular complexity index is 479. The van der Waals surface area contributed by atoms with Gasteiger partial charge in [-0.15, -0.1) is 12.4 Å². The molecule has 130 valence electrons. The summed E-state index contributed by atoms with van der Waals surface area (Å²) in [5, 5.41) is 6.47. The number of amides is 1. The van der Waals surface area contributed by atoms with Crippen LogP contribution in [0.3, 0.4) is 0 Å². The molecule has 0 aromatic heterocycles. The lowest BCUT2D eigenvalue weighted by Gasteiger charge is -2.26. The Balaban J connectivity index is 0.00000264. The highest BCUT2D eigenvalue weighted by atomic mass is 35.5. The zero-order valence-electron chi connectivity index (χ0n) is 14.7. The molecule has 4 heteroatoms. The van der Waals surface area contributed by atoms with Gasteiger partial charge in [-0.1, -0.05) is 45.0 Å². The molecule has 23 heavy (non-hydrogen) atoms. The first-order valence-corrected chi connectivity index (χ1v) is 8.58. The molecule has 1 atom stereocenters. The van der Waals surface area contributed by atoms with E-state index in [4.69, 9.17) is 0 Å². The van der Waals surface area contributed by atoms with E-state index in [1.165, 1.54) is 17.5 Å². The maximum absolute atomic E-state index is 12.0. The molecule has 1 heterocycles. The van der Waals surface area contributed by atoms with Crippen LogP contribution in [0.15, 0.2) is 24.3 Å². The van der Waals surface area contributed by atoms with E-state index in [1.807, 2.05) is 0 Å². The molecule has 1 fully saturated rings. The Morgan fingerprint density at radius 1 is 1.30 bits per heavy atom. The fourth-order valence-electron chi connectivity index (χ4n) is 3.00. The van der Waals surface area contributed by atoms with Crippen LogP contribution in [0, 0.1) is 5.92 Å². The van der Waals surface area contributed by atoms with E-state index >= 15 is 0 Å². The average Bonchev–Trinajstić information content (AvgIpc) is 3.04. The second kappa shape index (κ2) is 9.29. The van der Waals surface area contributed by atoms with Crippen LogP contribution in [0.25, 0.3) is 0 Å². The monoisotopic (exact) mass is 338 g/mol. The maximum atomic E-state index is 12.0. The van der Waals surface area contributed by atoms with Gasteiger partial charge in [0.25, 0.3) is 0 Å². The molecule has 1 aliphatic rings. The van der Waals surface area contributed by atoms with Crippen molar-refractivity contribution in [3.63, 3.8) is 0 Å².